The fourth-order valence-electron chi connectivity index (χ4n) is 5.14. The van der Waals surface area contributed by atoms with Crippen LogP contribution in [0.5, 0.6) is 0 Å². The number of alkyl halides is 3. The van der Waals surface area contributed by atoms with Crippen molar-refractivity contribution in [2.45, 2.75) is 19.0 Å². The van der Waals surface area contributed by atoms with Crippen LogP contribution in [-0.4, -0.2) is 77.0 Å². The highest BCUT2D eigenvalue weighted by Crippen LogP contribution is 2.37. The molecule has 1 unspecified atom stereocenters. The molecule has 1 fully saturated rings. The average Bonchev–Trinajstić information content (AvgIpc) is 3.25. The lowest BCUT2D eigenvalue weighted by atomic mass is 9.93. The normalized spacial score (nSPS) is 22.2. The number of halogens is 3. The Bertz CT molecular complexity index is 1480. The first kappa shape index (κ1) is 28.3. The molecule has 214 valence electrons. The molecule has 1 saturated heterocycles. The van der Waals surface area contributed by atoms with E-state index in [0.29, 0.717) is 36.7 Å². The number of piperidine rings is 1. The lowest BCUT2D eigenvalue weighted by Gasteiger charge is -2.33. The van der Waals surface area contributed by atoms with Crippen LogP contribution in [0, 0.1) is 5.92 Å². The van der Waals surface area contributed by atoms with E-state index in [0.717, 1.165) is 36.9 Å². The van der Waals surface area contributed by atoms with Gasteiger partial charge in [-0.2, -0.15) is 24.0 Å². The van der Waals surface area contributed by atoms with Crippen LogP contribution in [0.25, 0.3) is 0 Å². The molecule has 13 heteroatoms. The number of allylic oxidation sites excluding steroid dienone is 1. The number of hydrogen-bond donors (Lipinski definition) is 2. The predicted octanol–water partition coefficient (Wildman–Crippen LogP) is 3.37. The van der Waals surface area contributed by atoms with Crippen LogP contribution in [-0.2, 0) is 11.0 Å². The number of hydrogen-bond acceptors (Lipinski definition) is 7. The molecule has 41 heavy (non-hydrogen) atoms. The first-order valence-electron chi connectivity index (χ1n) is 13.1. The van der Waals surface area contributed by atoms with Crippen molar-refractivity contribution in [1.29, 1.82) is 0 Å². The molecule has 2 amide bonds. The van der Waals surface area contributed by atoms with Gasteiger partial charge in [-0.25, -0.2) is 4.98 Å². The molecule has 0 bridgehead atoms. The third-order valence-electron chi connectivity index (χ3n) is 7.17. The van der Waals surface area contributed by atoms with Gasteiger partial charge in [0.1, 0.15) is 17.7 Å². The molecule has 1 aromatic heterocycles. The van der Waals surface area contributed by atoms with Crippen LogP contribution in [0.15, 0.2) is 76.4 Å². The Morgan fingerprint density at radius 3 is 2.66 bits per heavy atom. The van der Waals surface area contributed by atoms with Crippen molar-refractivity contribution in [3.8, 4) is 0 Å². The number of likely N-dealkylation sites (tertiary alicyclic amines) is 1. The molecule has 2 aromatic rings. The molecular formula is C28H30F3N8O2+. The molecule has 0 radical (unpaired) electrons. The maximum atomic E-state index is 13.0. The topological polar surface area (TPSA) is 116 Å². The standard InChI is InChI=1S/C28H29F3N8O2/c1-37(2)17-24(40)38-12-3-4-20(16-38)25-22-15-33-11-13-39(22,32)26(36-25)18-5-7-19(8-6-18)27(41)35-23-14-21(9-10-34-23)28(29,30)31/h5-11,13-15,20H,3-4,12,16-17,32H2,1-2H3/p+1/t20-,39?/m1/s1. The number of likely N-dealkylation sites (N-methyl/N-ethyl adjacent to an activating group) is 1. The lowest BCUT2D eigenvalue weighted by Crippen LogP contribution is -2.53. The third kappa shape index (κ3) is 5.82. The van der Waals surface area contributed by atoms with Gasteiger partial charge >= 0.3 is 6.18 Å². The molecule has 3 aliphatic rings. The van der Waals surface area contributed by atoms with Crippen LogP contribution < -0.4 is 11.2 Å². The first-order valence-corrected chi connectivity index (χ1v) is 13.1. The number of amides is 2. The van der Waals surface area contributed by atoms with Gasteiger partial charge in [0.25, 0.3) is 11.7 Å². The predicted molar refractivity (Wildman–Crippen MR) is 147 cm³/mol. The number of amidine groups is 1. The second-order valence-electron chi connectivity index (χ2n) is 10.4. The molecule has 4 heterocycles. The number of carbonyl (C=O) groups is 2. The minimum Gasteiger partial charge on any atom is -0.341 e. The van der Waals surface area contributed by atoms with Crippen molar-refractivity contribution in [3.05, 3.63) is 83.1 Å². The summed E-state index contributed by atoms with van der Waals surface area (Å²) < 4.78 is 38.8. The van der Waals surface area contributed by atoms with Crippen molar-refractivity contribution in [3.63, 3.8) is 0 Å². The summed E-state index contributed by atoms with van der Waals surface area (Å²) in [6.45, 7) is 1.55. The first-order chi connectivity index (χ1) is 19.5. The van der Waals surface area contributed by atoms with E-state index in [-0.39, 0.29) is 27.8 Å². The molecule has 10 nitrogen and oxygen atoms in total. The van der Waals surface area contributed by atoms with Crippen LogP contribution in [0.4, 0.5) is 19.0 Å². The Morgan fingerprint density at radius 1 is 1.20 bits per heavy atom. The second-order valence-corrected chi connectivity index (χ2v) is 10.4. The highest BCUT2D eigenvalue weighted by atomic mass is 19.4. The second kappa shape index (κ2) is 11.0. The van der Waals surface area contributed by atoms with Crippen LogP contribution in [0.1, 0.15) is 34.3 Å². The van der Waals surface area contributed by atoms with E-state index in [1.54, 1.807) is 42.9 Å². The smallest absolute Gasteiger partial charge is 0.341 e. The molecule has 0 saturated carbocycles. The number of carbonyl (C=O) groups excluding carboxylic acids is 2. The van der Waals surface area contributed by atoms with Crippen molar-refractivity contribution in [1.82, 2.24) is 14.8 Å². The lowest BCUT2D eigenvalue weighted by molar-refractivity contribution is -0.750. The minimum atomic E-state index is -4.55. The summed E-state index contributed by atoms with van der Waals surface area (Å²) in [5.74, 6) is 6.61. The number of nitrogens with zero attached hydrogens (tertiary/aromatic N) is 6. The largest absolute Gasteiger partial charge is 0.416 e. The number of quaternary nitrogens is 1. The maximum absolute atomic E-state index is 13.0. The number of aliphatic imine (C=N–C) groups is 2. The van der Waals surface area contributed by atoms with E-state index >= 15 is 0 Å². The van der Waals surface area contributed by atoms with Gasteiger partial charge in [0.2, 0.25) is 11.6 Å². The molecule has 2 atom stereocenters. The number of anilines is 1. The SMILES string of the molecule is CN(C)CC(=O)N1CCC[C@@H](C2=C3C=NC=C[N+]3(N)C(c3ccc(C(=O)Nc4cc(C(F)(F)F)ccn4)cc3)=N2)C1. The zero-order valence-corrected chi connectivity index (χ0v) is 22.6. The Hall–Kier alpha value is -4.20. The van der Waals surface area contributed by atoms with Crippen LogP contribution in [0.3, 0.4) is 0 Å². The number of rotatable bonds is 6. The van der Waals surface area contributed by atoms with E-state index < -0.39 is 17.6 Å². The Morgan fingerprint density at radius 2 is 1.95 bits per heavy atom. The summed E-state index contributed by atoms with van der Waals surface area (Å²) in [5.41, 5.74) is 1.46. The zero-order valence-electron chi connectivity index (χ0n) is 22.6. The average molecular weight is 568 g/mol. The summed E-state index contributed by atoms with van der Waals surface area (Å²) in [7, 11) is 3.72. The molecule has 3 N–H and O–H groups in total. The Kier molecular flexibility index (Phi) is 7.60. The molecular weight excluding hydrogens is 537 g/mol. The number of aromatic nitrogens is 1. The monoisotopic (exact) mass is 567 g/mol. The number of pyridine rings is 1. The van der Waals surface area contributed by atoms with Gasteiger partial charge < -0.3 is 15.1 Å². The van der Waals surface area contributed by atoms with E-state index in [2.05, 4.69) is 15.3 Å². The van der Waals surface area contributed by atoms with Crippen molar-refractivity contribution >= 4 is 29.7 Å². The van der Waals surface area contributed by atoms with Gasteiger partial charge in [0.05, 0.1) is 30.1 Å². The maximum Gasteiger partial charge on any atom is 0.416 e. The summed E-state index contributed by atoms with van der Waals surface area (Å²) in [5, 5.41) is 2.41. The van der Waals surface area contributed by atoms with Gasteiger partial charge in [-0.1, -0.05) is 0 Å². The number of benzene rings is 1. The Labute approximate surface area is 234 Å². The summed E-state index contributed by atoms with van der Waals surface area (Å²) in [6.07, 6.45) is 3.14. The zero-order chi connectivity index (χ0) is 29.4. The minimum absolute atomic E-state index is 0.0219. The molecule has 1 aromatic carbocycles. The summed E-state index contributed by atoms with van der Waals surface area (Å²) in [6, 6.07) is 8.09. The fraction of sp³-hybridized carbons (Fsp3) is 0.321. The van der Waals surface area contributed by atoms with Gasteiger partial charge in [-0.05, 0) is 63.3 Å². The third-order valence-corrected chi connectivity index (χ3v) is 7.17. The quantitative estimate of drug-likeness (QED) is 0.410. The van der Waals surface area contributed by atoms with E-state index in [1.165, 1.54) is 0 Å². The molecule has 0 aliphatic carbocycles. The van der Waals surface area contributed by atoms with Crippen LogP contribution in [0.2, 0.25) is 0 Å². The van der Waals surface area contributed by atoms with Crippen molar-refractivity contribution < 1.29 is 27.4 Å². The summed E-state index contributed by atoms with van der Waals surface area (Å²) >= 11 is 0. The number of fused-ring (bicyclic) bond motifs is 1. The molecule has 5 rings (SSSR count). The molecule has 3 aliphatic heterocycles. The van der Waals surface area contributed by atoms with E-state index in [9.17, 15) is 22.8 Å². The van der Waals surface area contributed by atoms with Gasteiger partial charge in [0.15, 0.2) is 0 Å². The number of nitrogens with one attached hydrogen (secondary N) is 1. The van der Waals surface area contributed by atoms with Gasteiger partial charge in [0, 0.05) is 30.8 Å². The highest BCUT2D eigenvalue weighted by Gasteiger charge is 2.46. The van der Waals surface area contributed by atoms with Gasteiger partial charge in [-0.15, -0.1) is 4.59 Å². The molecule has 0 spiro atoms. The highest BCUT2D eigenvalue weighted by molar-refractivity contribution is 6.05. The van der Waals surface area contributed by atoms with Crippen molar-refractivity contribution in [2.24, 2.45) is 21.7 Å². The van der Waals surface area contributed by atoms with Crippen molar-refractivity contribution in [2.75, 3.05) is 39.0 Å². The Balaban J connectivity index is 1.37. The van der Waals surface area contributed by atoms with Gasteiger partial charge in [-0.3, -0.25) is 14.6 Å². The van der Waals surface area contributed by atoms with E-state index in [1.807, 2.05) is 23.9 Å². The number of nitrogens with two attached hydrogens (primary N) is 1. The van der Waals surface area contributed by atoms with Crippen LogP contribution >= 0.6 is 0 Å². The van der Waals surface area contributed by atoms with E-state index in [4.69, 9.17) is 10.8 Å². The fourth-order valence-corrected chi connectivity index (χ4v) is 5.14. The summed E-state index contributed by atoms with van der Waals surface area (Å²) in [4.78, 5) is 42.3.